The second kappa shape index (κ2) is 20.5. The molecule has 2 aromatic carbocycles. The topological polar surface area (TPSA) is 182 Å². The molecule has 2 heterocycles. The van der Waals surface area contributed by atoms with Crippen LogP contribution in [0.4, 0.5) is 4.79 Å². The highest BCUT2D eigenvalue weighted by atomic mass is 16.6. The van der Waals surface area contributed by atoms with Gasteiger partial charge in [0.05, 0.1) is 24.2 Å². The zero-order chi connectivity index (χ0) is 45.5. The van der Waals surface area contributed by atoms with Crippen LogP contribution in [0.1, 0.15) is 132 Å². The van der Waals surface area contributed by atoms with Crippen molar-refractivity contribution in [3.63, 3.8) is 0 Å². The number of rotatable bonds is 19. The monoisotopic (exact) mass is 873 g/mol. The van der Waals surface area contributed by atoms with E-state index < -0.39 is 64.7 Å². The van der Waals surface area contributed by atoms with Crippen LogP contribution in [0.2, 0.25) is 0 Å². The standard InChI is InChI=1S/C51H63N5O8/c1-5-13-33(47(60)45(59)24-31-20-21-31)25-43(57)38-28-56(50(63)64-30-39-36-18-11-9-16-34(36)35-17-10-12-19-37(35)39)29-42(38)54-48(61)40(51(2,3)4)26-44(58)46(32-14-7-6-8-15-32)55-49(62)41-27-52-22-23-53-41/h9-12,16-19,22-23,27,31-33,38-40,42,46H,5-8,13-15,20-21,24-26,28-30H2,1-4H3,(H,54,61)(H,55,62)/t33-,38-,40-,42+,46+/m1/s1. The first-order valence-electron chi connectivity index (χ1n) is 23.3. The van der Waals surface area contributed by atoms with Crippen molar-refractivity contribution >= 4 is 41.0 Å². The highest BCUT2D eigenvalue weighted by Crippen LogP contribution is 2.45. The first-order valence-corrected chi connectivity index (χ1v) is 23.3. The van der Waals surface area contributed by atoms with Crippen LogP contribution in [-0.4, -0.2) is 87.7 Å². The fourth-order valence-corrected chi connectivity index (χ4v) is 10.1. The van der Waals surface area contributed by atoms with Gasteiger partial charge in [0.15, 0.2) is 11.6 Å². The van der Waals surface area contributed by atoms with E-state index in [4.69, 9.17) is 4.74 Å². The van der Waals surface area contributed by atoms with Gasteiger partial charge in [-0.25, -0.2) is 9.78 Å². The molecule has 7 rings (SSSR count). The van der Waals surface area contributed by atoms with Crippen LogP contribution in [-0.2, 0) is 28.7 Å². The number of hydrogen-bond acceptors (Lipinski definition) is 10. The third-order valence-corrected chi connectivity index (χ3v) is 13.9. The summed E-state index contributed by atoms with van der Waals surface area (Å²) < 4.78 is 6.02. The number of carbonyl (C=O) groups excluding carboxylic acids is 7. The summed E-state index contributed by atoms with van der Waals surface area (Å²) in [7, 11) is 0. The van der Waals surface area contributed by atoms with E-state index in [1.165, 1.54) is 23.5 Å². The van der Waals surface area contributed by atoms with Crippen molar-refractivity contribution in [1.82, 2.24) is 25.5 Å². The lowest BCUT2D eigenvalue weighted by molar-refractivity contribution is -0.140. The molecule has 0 spiro atoms. The van der Waals surface area contributed by atoms with E-state index in [1.807, 2.05) is 64.1 Å². The van der Waals surface area contributed by atoms with Gasteiger partial charge in [-0.05, 0) is 71.6 Å². The largest absolute Gasteiger partial charge is 0.448 e. The summed E-state index contributed by atoms with van der Waals surface area (Å²) in [5.74, 6) is -5.15. The Labute approximate surface area is 376 Å². The first kappa shape index (κ1) is 46.4. The number of hydrogen-bond donors (Lipinski definition) is 2. The van der Waals surface area contributed by atoms with Gasteiger partial charge in [0.1, 0.15) is 18.1 Å². The van der Waals surface area contributed by atoms with E-state index in [1.54, 1.807) is 0 Å². The fourth-order valence-electron chi connectivity index (χ4n) is 10.1. The Morgan fingerprint density at radius 3 is 2.12 bits per heavy atom. The summed E-state index contributed by atoms with van der Waals surface area (Å²) in [5.41, 5.74) is 3.66. The number of ether oxygens (including phenoxy) is 1. The SMILES string of the molecule is CCC[C@H](CC(=O)[C@@H]1CN(C(=O)OCC2c3ccccc3-c3ccccc32)C[C@@H]1NC(=O)[C@@H](CC(=O)[C@@H](NC(=O)c1cnccn1)C1CCCCC1)C(C)(C)C)C(=O)C(=O)CC1CC1. The third-order valence-electron chi connectivity index (χ3n) is 13.9. The van der Waals surface area contributed by atoms with Crippen LogP contribution in [0.25, 0.3) is 11.1 Å². The molecule has 3 aliphatic carbocycles. The lowest BCUT2D eigenvalue weighted by atomic mass is 9.74. The van der Waals surface area contributed by atoms with Crippen LogP contribution < -0.4 is 10.6 Å². The molecule has 13 nitrogen and oxygen atoms in total. The molecule has 0 unspecified atom stereocenters. The molecule has 3 aromatic rings. The maximum Gasteiger partial charge on any atom is 0.409 e. The Morgan fingerprint density at radius 2 is 1.52 bits per heavy atom. The van der Waals surface area contributed by atoms with Crippen molar-refractivity contribution in [1.29, 1.82) is 0 Å². The highest BCUT2D eigenvalue weighted by Gasteiger charge is 2.45. The summed E-state index contributed by atoms with van der Waals surface area (Å²) in [5, 5.41) is 6.03. The Hall–Kier alpha value is -5.59. The summed E-state index contributed by atoms with van der Waals surface area (Å²) in [6.45, 7) is 7.51. The van der Waals surface area contributed by atoms with Crippen molar-refractivity contribution in [3.05, 3.63) is 83.9 Å². The van der Waals surface area contributed by atoms with Gasteiger partial charge in [0.2, 0.25) is 11.7 Å². The Morgan fingerprint density at radius 1 is 0.844 bits per heavy atom. The van der Waals surface area contributed by atoms with E-state index in [-0.39, 0.29) is 74.0 Å². The smallest absolute Gasteiger partial charge is 0.409 e. The zero-order valence-electron chi connectivity index (χ0n) is 37.7. The van der Waals surface area contributed by atoms with Gasteiger partial charge < -0.3 is 20.3 Å². The van der Waals surface area contributed by atoms with Gasteiger partial charge >= 0.3 is 6.09 Å². The van der Waals surface area contributed by atoms with Gasteiger partial charge in [-0.1, -0.05) is 102 Å². The molecule has 340 valence electrons. The number of nitrogens with one attached hydrogen (secondary N) is 2. The number of carbonyl (C=O) groups is 7. The molecule has 1 aliphatic heterocycles. The number of amides is 3. The Kier molecular flexibility index (Phi) is 14.9. The number of aromatic nitrogens is 2. The van der Waals surface area contributed by atoms with Crippen molar-refractivity contribution in [2.45, 2.75) is 123 Å². The maximum absolute atomic E-state index is 14.6. The summed E-state index contributed by atoms with van der Waals surface area (Å²) in [4.78, 5) is 107. The van der Waals surface area contributed by atoms with Crippen molar-refractivity contribution < 1.29 is 38.3 Å². The normalized spacial score (nSPS) is 20.0. The molecule has 1 aromatic heterocycles. The highest BCUT2D eigenvalue weighted by molar-refractivity contribution is 6.38. The molecule has 0 bridgehead atoms. The molecular formula is C51H63N5O8. The Bertz CT molecular complexity index is 2170. The molecule has 5 atom stereocenters. The van der Waals surface area contributed by atoms with Gasteiger partial charge in [-0.15, -0.1) is 0 Å². The minimum absolute atomic E-state index is 0.0322. The molecular weight excluding hydrogens is 811 g/mol. The number of ketones is 4. The summed E-state index contributed by atoms with van der Waals surface area (Å²) in [6.07, 6.45) is 10.7. The van der Waals surface area contributed by atoms with Crippen LogP contribution >= 0.6 is 0 Å². The Balaban J connectivity index is 1.10. The third kappa shape index (κ3) is 11.0. The van der Waals surface area contributed by atoms with E-state index in [2.05, 4.69) is 32.7 Å². The van der Waals surface area contributed by atoms with Crippen LogP contribution in [0.15, 0.2) is 67.1 Å². The van der Waals surface area contributed by atoms with Crippen molar-refractivity contribution in [2.24, 2.45) is 35.0 Å². The van der Waals surface area contributed by atoms with Gasteiger partial charge in [-0.2, -0.15) is 0 Å². The molecule has 64 heavy (non-hydrogen) atoms. The quantitative estimate of drug-likeness (QED) is 0.115. The van der Waals surface area contributed by atoms with Gasteiger partial charge in [0, 0.05) is 62.5 Å². The van der Waals surface area contributed by atoms with E-state index in [9.17, 15) is 33.6 Å². The molecule has 3 amide bonds. The molecule has 0 radical (unpaired) electrons. The maximum atomic E-state index is 14.6. The molecule has 2 saturated carbocycles. The number of nitrogens with zero attached hydrogens (tertiary/aromatic N) is 3. The average Bonchev–Trinajstić information content (AvgIpc) is 3.92. The van der Waals surface area contributed by atoms with Gasteiger partial charge in [0.25, 0.3) is 5.91 Å². The van der Waals surface area contributed by atoms with Crippen LogP contribution in [0, 0.1) is 35.0 Å². The van der Waals surface area contributed by atoms with Crippen LogP contribution in [0.3, 0.4) is 0 Å². The number of benzene rings is 2. The average molecular weight is 874 g/mol. The first-order chi connectivity index (χ1) is 30.7. The molecule has 13 heteroatoms. The fraction of sp³-hybridized carbons (Fsp3) is 0.549. The second-order valence-electron chi connectivity index (χ2n) is 19.6. The number of likely N-dealkylation sites (tertiary alicyclic amines) is 1. The summed E-state index contributed by atoms with van der Waals surface area (Å²) >= 11 is 0. The lowest BCUT2D eigenvalue weighted by Crippen LogP contribution is -2.51. The summed E-state index contributed by atoms with van der Waals surface area (Å²) in [6, 6.07) is 14.4. The second-order valence-corrected chi connectivity index (χ2v) is 19.6. The zero-order valence-corrected chi connectivity index (χ0v) is 37.7. The predicted molar refractivity (Wildman–Crippen MR) is 240 cm³/mol. The van der Waals surface area contributed by atoms with E-state index >= 15 is 0 Å². The molecule has 3 fully saturated rings. The number of Topliss-reactive ketones (excluding diaryl/α,β-unsaturated/α-hetero) is 4. The lowest BCUT2D eigenvalue weighted by Gasteiger charge is -2.34. The molecule has 1 saturated heterocycles. The van der Waals surface area contributed by atoms with Crippen molar-refractivity contribution in [3.8, 4) is 11.1 Å². The van der Waals surface area contributed by atoms with Gasteiger partial charge in [-0.3, -0.25) is 33.8 Å². The minimum atomic E-state index is -0.896. The minimum Gasteiger partial charge on any atom is -0.448 e. The predicted octanol–water partition coefficient (Wildman–Crippen LogP) is 7.46. The molecule has 4 aliphatic rings. The number of fused-ring (bicyclic) bond motifs is 3. The molecule has 2 N–H and O–H groups in total. The van der Waals surface area contributed by atoms with E-state index in [0.29, 0.717) is 12.8 Å². The van der Waals surface area contributed by atoms with E-state index in [0.717, 1.165) is 67.2 Å². The van der Waals surface area contributed by atoms with Crippen LogP contribution in [0.5, 0.6) is 0 Å². The van der Waals surface area contributed by atoms with Crippen molar-refractivity contribution in [2.75, 3.05) is 19.7 Å².